The van der Waals surface area contributed by atoms with Gasteiger partial charge >= 0.3 is 0 Å². The molecule has 1 aromatic rings. The molecule has 0 N–H and O–H groups in total. The average Bonchev–Trinajstić information content (AvgIpc) is 2.47. The maximum atomic E-state index is 12.2. The number of piperazine rings is 1. The molecule has 1 heterocycles. The second kappa shape index (κ2) is 7.08. The summed E-state index contributed by atoms with van der Waals surface area (Å²) in [6, 6.07) is 11.1. The lowest BCUT2D eigenvalue weighted by Crippen LogP contribution is -2.56. The van der Waals surface area contributed by atoms with E-state index in [4.69, 9.17) is 0 Å². The van der Waals surface area contributed by atoms with Crippen LogP contribution in [0.5, 0.6) is 0 Å². The number of carbonyl (C=O) groups excluding carboxylic acids is 1. The van der Waals surface area contributed by atoms with E-state index in [-0.39, 0.29) is 5.92 Å². The van der Waals surface area contributed by atoms with Crippen molar-refractivity contribution in [3.63, 3.8) is 0 Å². The topological polar surface area (TPSA) is 23.6 Å². The van der Waals surface area contributed by atoms with Crippen LogP contribution in [0, 0.1) is 11.8 Å². The standard InChI is InChI=1S/C18H28N2O/c1-14(2)17-13-20(18(21)15(3)4)11-10-19(17)12-16-8-6-5-7-9-16/h5-9,14-15,17H,10-13H2,1-4H3. The molecule has 0 saturated carbocycles. The monoisotopic (exact) mass is 288 g/mol. The van der Waals surface area contributed by atoms with Crippen molar-refractivity contribution in [1.82, 2.24) is 9.80 Å². The Morgan fingerprint density at radius 2 is 1.81 bits per heavy atom. The van der Waals surface area contributed by atoms with Crippen LogP contribution in [0.15, 0.2) is 30.3 Å². The molecule has 1 atom stereocenters. The van der Waals surface area contributed by atoms with E-state index in [0.29, 0.717) is 17.9 Å². The fraction of sp³-hybridized carbons (Fsp3) is 0.611. The lowest BCUT2D eigenvalue weighted by molar-refractivity contribution is -0.138. The van der Waals surface area contributed by atoms with Crippen molar-refractivity contribution in [3.8, 4) is 0 Å². The van der Waals surface area contributed by atoms with Crippen LogP contribution in [0.2, 0.25) is 0 Å². The van der Waals surface area contributed by atoms with Crippen molar-refractivity contribution in [2.75, 3.05) is 19.6 Å². The van der Waals surface area contributed by atoms with Gasteiger partial charge < -0.3 is 4.90 Å². The summed E-state index contributed by atoms with van der Waals surface area (Å²) < 4.78 is 0. The lowest BCUT2D eigenvalue weighted by atomic mass is 9.98. The number of hydrogen-bond donors (Lipinski definition) is 0. The maximum Gasteiger partial charge on any atom is 0.225 e. The first-order valence-electron chi connectivity index (χ1n) is 8.05. The summed E-state index contributed by atoms with van der Waals surface area (Å²) in [6.07, 6.45) is 0. The summed E-state index contributed by atoms with van der Waals surface area (Å²) in [5, 5.41) is 0. The molecule has 0 bridgehead atoms. The molecule has 1 amide bonds. The maximum absolute atomic E-state index is 12.2. The van der Waals surface area contributed by atoms with Crippen molar-refractivity contribution in [2.45, 2.75) is 40.3 Å². The van der Waals surface area contributed by atoms with Crippen LogP contribution < -0.4 is 0 Å². The third kappa shape index (κ3) is 4.07. The van der Waals surface area contributed by atoms with Crippen LogP contribution in [-0.4, -0.2) is 41.4 Å². The van der Waals surface area contributed by atoms with E-state index in [2.05, 4.69) is 54.0 Å². The number of benzene rings is 1. The molecule has 1 unspecified atom stereocenters. The summed E-state index contributed by atoms with van der Waals surface area (Å²) in [6.45, 7) is 12.2. The third-order valence-electron chi connectivity index (χ3n) is 4.34. The minimum absolute atomic E-state index is 0.0958. The molecule has 3 nitrogen and oxygen atoms in total. The third-order valence-corrected chi connectivity index (χ3v) is 4.34. The molecule has 0 spiro atoms. The Morgan fingerprint density at radius 3 is 2.38 bits per heavy atom. The first-order valence-corrected chi connectivity index (χ1v) is 8.05. The number of rotatable bonds is 4. The number of carbonyl (C=O) groups is 1. The van der Waals surface area contributed by atoms with Crippen molar-refractivity contribution in [1.29, 1.82) is 0 Å². The van der Waals surface area contributed by atoms with Gasteiger partial charge in [-0.1, -0.05) is 58.0 Å². The van der Waals surface area contributed by atoms with Gasteiger partial charge in [-0.25, -0.2) is 0 Å². The number of nitrogens with zero attached hydrogens (tertiary/aromatic N) is 2. The minimum Gasteiger partial charge on any atom is -0.340 e. The molecule has 2 rings (SSSR count). The normalized spacial score (nSPS) is 20.3. The van der Waals surface area contributed by atoms with Gasteiger partial charge in [0.25, 0.3) is 0 Å². The van der Waals surface area contributed by atoms with Gasteiger partial charge in [0, 0.05) is 38.1 Å². The van der Waals surface area contributed by atoms with Crippen molar-refractivity contribution in [2.24, 2.45) is 11.8 Å². The van der Waals surface area contributed by atoms with Gasteiger partial charge in [-0.15, -0.1) is 0 Å². The molecule has 21 heavy (non-hydrogen) atoms. The van der Waals surface area contributed by atoms with Gasteiger partial charge in [-0.2, -0.15) is 0 Å². The van der Waals surface area contributed by atoms with E-state index < -0.39 is 0 Å². The smallest absolute Gasteiger partial charge is 0.225 e. The lowest BCUT2D eigenvalue weighted by Gasteiger charge is -2.44. The van der Waals surface area contributed by atoms with E-state index in [1.54, 1.807) is 0 Å². The van der Waals surface area contributed by atoms with Gasteiger partial charge in [0.2, 0.25) is 5.91 Å². The van der Waals surface area contributed by atoms with E-state index in [0.717, 1.165) is 26.2 Å². The summed E-state index contributed by atoms with van der Waals surface area (Å²) in [7, 11) is 0. The molecule has 1 saturated heterocycles. The summed E-state index contributed by atoms with van der Waals surface area (Å²) in [5.74, 6) is 0.940. The van der Waals surface area contributed by atoms with Crippen LogP contribution in [0.3, 0.4) is 0 Å². The largest absolute Gasteiger partial charge is 0.340 e. The van der Waals surface area contributed by atoms with E-state index >= 15 is 0 Å². The van der Waals surface area contributed by atoms with Gasteiger partial charge in [0.15, 0.2) is 0 Å². The molecule has 1 aromatic carbocycles. The highest BCUT2D eigenvalue weighted by molar-refractivity contribution is 5.78. The highest BCUT2D eigenvalue weighted by Crippen LogP contribution is 2.21. The minimum atomic E-state index is 0.0958. The zero-order chi connectivity index (χ0) is 15.4. The van der Waals surface area contributed by atoms with Crippen LogP contribution in [0.1, 0.15) is 33.3 Å². The Bertz CT molecular complexity index is 456. The molecule has 116 valence electrons. The molecule has 1 aliphatic heterocycles. The van der Waals surface area contributed by atoms with Gasteiger partial charge in [-0.05, 0) is 11.5 Å². The highest BCUT2D eigenvalue weighted by Gasteiger charge is 2.31. The zero-order valence-corrected chi connectivity index (χ0v) is 13.7. The van der Waals surface area contributed by atoms with Crippen molar-refractivity contribution in [3.05, 3.63) is 35.9 Å². The Labute approximate surface area is 128 Å². The highest BCUT2D eigenvalue weighted by atomic mass is 16.2. The van der Waals surface area contributed by atoms with Crippen LogP contribution >= 0.6 is 0 Å². The van der Waals surface area contributed by atoms with E-state index in [1.165, 1.54) is 5.56 Å². The summed E-state index contributed by atoms with van der Waals surface area (Å²) in [4.78, 5) is 16.8. The zero-order valence-electron chi connectivity index (χ0n) is 13.7. The van der Waals surface area contributed by atoms with Gasteiger partial charge in [0.05, 0.1) is 0 Å². The first kappa shape index (κ1) is 16.0. The van der Waals surface area contributed by atoms with Crippen LogP contribution in [0.4, 0.5) is 0 Å². The molecule has 0 radical (unpaired) electrons. The van der Waals surface area contributed by atoms with Gasteiger partial charge in [0.1, 0.15) is 0 Å². The Kier molecular flexibility index (Phi) is 5.40. The molecule has 3 heteroatoms. The van der Waals surface area contributed by atoms with E-state index in [1.807, 2.05) is 13.8 Å². The molecular formula is C18H28N2O. The Morgan fingerprint density at radius 1 is 1.14 bits per heavy atom. The SMILES string of the molecule is CC(C)C(=O)N1CCN(Cc2ccccc2)C(C(C)C)C1. The van der Waals surface area contributed by atoms with Crippen LogP contribution in [-0.2, 0) is 11.3 Å². The summed E-state index contributed by atoms with van der Waals surface area (Å²) in [5.41, 5.74) is 1.35. The fourth-order valence-corrected chi connectivity index (χ4v) is 3.06. The predicted octanol–water partition coefficient (Wildman–Crippen LogP) is 3.01. The molecular weight excluding hydrogens is 260 g/mol. The van der Waals surface area contributed by atoms with Crippen molar-refractivity contribution >= 4 is 5.91 Å². The molecule has 0 aliphatic carbocycles. The Hall–Kier alpha value is -1.35. The first-order chi connectivity index (χ1) is 9.99. The second-order valence-corrected chi connectivity index (χ2v) is 6.71. The van der Waals surface area contributed by atoms with E-state index in [9.17, 15) is 4.79 Å². The van der Waals surface area contributed by atoms with Gasteiger partial charge in [-0.3, -0.25) is 9.69 Å². The fourth-order valence-electron chi connectivity index (χ4n) is 3.06. The second-order valence-electron chi connectivity index (χ2n) is 6.71. The number of hydrogen-bond acceptors (Lipinski definition) is 2. The molecule has 1 aliphatic rings. The molecule has 1 fully saturated rings. The van der Waals surface area contributed by atoms with Crippen LogP contribution in [0.25, 0.3) is 0 Å². The summed E-state index contributed by atoms with van der Waals surface area (Å²) >= 11 is 0. The van der Waals surface area contributed by atoms with Crippen molar-refractivity contribution < 1.29 is 4.79 Å². The predicted molar refractivity (Wildman–Crippen MR) is 86.9 cm³/mol. The number of amides is 1. The molecule has 0 aromatic heterocycles. The Balaban J connectivity index is 2.05. The quantitative estimate of drug-likeness (QED) is 0.850. The average molecular weight is 288 g/mol.